The number of hydrogen-bond donors (Lipinski definition) is 2. The number of nitrogens with one attached hydrogen (secondary N) is 1. The van der Waals surface area contributed by atoms with Gasteiger partial charge >= 0.3 is 5.97 Å². The number of carbonyl (C=O) groups is 2. The fourth-order valence-electron chi connectivity index (χ4n) is 2.08. The van der Waals surface area contributed by atoms with Crippen molar-refractivity contribution in [2.45, 2.75) is 25.1 Å². The number of benzene rings is 2. The molecule has 2 aromatic carbocycles. The molecule has 0 amide bonds. The van der Waals surface area contributed by atoms with Crippen molar-refractivity contribution in [1.82, 2.24) is 4.72 Å². The predicted molar refractivity (Wildman–Crippen MR) is 100 cm³/mol. The minimum atomic E-state index is -3.73. The molecule has 0 aliphatic carbocycles. The first-order valence-electron chi connectivity index (χ1n) is 7.66. The Morgan fingerprint density at radius 3 is 1.85 bits per heavy atom. The van der Waals surface area contributed by atoms with E-state index >= 15 is 0 Å². The summed E-state index contributed by atoms with van der Waals surface area (Å²) in [6.45, 7) is 1.29. The molecule has 8 heteroatoms. The van der Waals surface area contributed by atoms with Gasteiger partial charge in [-0.15, -0.1) is 0 Å². The molecule has 6 nitrogen and oxygen atoms in total. The van der Waals surface area contributed by atoms with E-state index in [4.69, 9.17) is 0 Å². The van der Waals surface area contributed by atoms with E-state index in [2.05, 4.69) is 16.3 Å². The lowest BCUT2D eigenvalue weighted by atomic mass is 10.1. The van der Waals surface area contributed by atoms with E-state index in [9.17, 15) is 23.1 Å². The Hall–Kier alpha value is -2.22. The Morgan fingerprint density at radius 2 is 1.42 bits per heavy atom. The fourth-order valence-corrected chi connectivity index (χ4v) is 3.41. The van der Waals surface area contributed by atoms with Gasteiger partial charge in [-0.25, -0.2) is 13.1 Å². The molecule has 26 heavy (non-hydrogen) atoms. The van der Waals surface area contributed by atoms with Gasteiger partial charge in [0.25, 0.3) is 0 Å². The van der Waals surface area contributed by atoms with E-state index < -0.39 is 22.0 Å². The average Bonchev–Trinajstić information content (AvgIpc) is 2.55. The van der Waals surface area contributed by atoms with Gasteiger partial charge in [0.1, 0.15) is 6.04 Å². The molecule has 0 bridgehead atoms. The van der Waals surface area contributed by atoms with Crippen molar-refractivity contribution in [2.75, 3.05) is 0 Å². The number of hydrogen-bond acceptors (Lipinski definition) is 4. The molecule has 0 spiro atoms. The van der Waals surface area contributed by atoms with E-state index in [1.165, 1.54) is 6.92 Å². The van der Waals surface area contributed by atoms with Crippen molar-refractivity contribution in [3.8, 4) is 0 Å². The summed E-state index contributed by atoms with van der Waals surface area (Å²) in [5.74, 6) is -1.44. The molecule has 0 saturated heterocycles. The zero-order valence-corrected chi connectivity index (χ0v) is 15.7. The van der Waals surface area contributed by atoms with Crippen LogP contribution in [0.4, 0.5) is 0 Å². The number of aliphatic carboxylic acids is 1. The van der Waals surface area contributed by atoms with Crippen LogP contribution in [0.15, 0.2) is 60.7 Å². The number of sulfonamides is 1. The van der Waals surface area contributed by atoms with Crippen LogP contribution >= 0.6 is 11.6 Å². The summed E-state index contributed by atoms with van der Waals surface area (Å²) >= 11 is 4.64. The van der Waals surface area contributed by atoms with Gasteiger partial charge in [0.2, 0.25) is 15.3 Å². The average molecular weight is 398 g/mol. The first-order valence-corrected chi connectivity index (χ1v) is 9.69. The molecule has 2 aromatic rings. The number of carboxylic acids is 1. The zero-order valence-electron chi connectivity index (χ0n) is 14.1. The fraction of sp³-hybridized carbons (Fsp3) is 0.222. The Balaban J connectivity index is 0.000000765. The smallest absolute Gasteiger partial charge is 0.322 e. The molecular formula is C18H20ClNO5S. The van der Waals surface area contributed by atoms with E-state index in [1.807, 2.05) is 6.07 Å². The molecule has 1 unspecified atom stereocenters. The Kier molecular flexibility index (Phi) is 8.98. The predicted octanol–water partition coefficient (Wildman–Crippen LogP) is 2.57. The van der Waals surface area contributed by atoms with Crippen molar-refractivity contribution in [3.05, 3.63) is 71.8 Å². The molecule has 0 saturated carbocycles. The van der Waals surface area contributed by atoms with Gasteiger partial charge in [-0.3, -0.25) is 9.59 Å². The molecule has 0 heterocycles. The Labute approximate surface area is 157 Å². The number of halogens is 1. The van der Waals surface area contributed by atoms with Gasteiger partial charge < -0.3 is 5.11 Å². The van der Waals surface area contributed by atoms with Gasteiger partial charge in [-0.2, -0.15) is 0 Å². The molecule has 0 aromatic heterocycles. The largest absolute Gasteiger partial charge is 0.480 e. The molecule has 2 N–H and O–H groups in total. The summed E-state index contributed by atoms with van der Waals surface area (Å²) in [6.07, 6.45) is 0.101. The highest BCUT2D eigenvalue weighted by atomic mass is 35.5. The van der Waals surface area contributed by atoms with Gasteiger partial charge in [0, 0.05) is 6.92 Å². The van der Waals surface area contributed by atoms with E-state index in [0.717, 1.165) is 5.56 Å². The lowest BCUT2D eigenvalue weighted by Crippen LogP contribution is -2.42. The van der Waals surface area contributed by atoms with E-state index in [1.54, 1.807) is 54.6 Å². The summed E-state index contributed by atoms with van der Waals surface area (Å²) in [5, 5.41) is 8.88. The van der Waals surface area contributed by atoms with Gasteiger partial charge in [0.15, 0.2) is 0 Å². The third-order valence-corrected chi connectivity index (χ3v) is 4.46. The second kappa shape index (κ2) is 10.7. The van der Waals surface area contributed by atoms with Crippen molar-refractivity contribution in [3.63, 3.8) is 0 Å². The van der Waals surface area contributed by atoms with Crippen LogP contribution in [0.25, 0.3) is 0 Å². The molecule has 0 aliphatic rings. The Bertz CT molecular complexity index is 806. The van der Waals surface area contributed by atoms with Crippen LogP contribution < -0.4 is 4.72 Å². The van der Waals surface area contributed by atoms with Crippen LogP contribution in [0.1, 0.15) is 18.1 Å². The summed E-state index contributed by atoms with van der Waals surface area (Å²) in [4.78, 5) is 20.5. The number of carboxylic acid groups (broad SMARTS) is 1. The Morgan fingerprint density at radius 1 is 1.00 bits per heavy atom. The van der Waals surface area contributed by atoms with Crippen molar-refractivity contribution < 1.29 is 23.1 Å². The summed E-state index contributed by atoms with van der Waals surface area (Å²) in [6, 6.07) is 16.4. The minimum absolute atomic E-state index is 0.101. The molecule has 140 valence electrons. The van der Waals surface area contributed by atoms with Gasteiger partial charge in [-0.1, -0.05) is 60.7 Å². The lowest BCUT2D eigenvalue weighted by Gasteiger charge is -2.15. The first kappa shape index (κ1) is 21.8. The van der Waals surface area contributed by atoms with Gasteiger partial charge in [-0.05, 0) is 29.1 Å². The second-order valence-corrected chi connectivity index (χ2v) is 7.70. The number of rotatable bonds is 7. The van der Waals surface area contributed by atoms with Crippen molar-refractivity contribution in [1.29, 1.82) is 0 Å². The van der Waals surface area contributed by atoms with Crippen LogP contribution in [-0.2, 0) is 31.8 Å². The van der Waals surface area contributed by atoms with Gasteiger partial charge in [0.05, 0.1) is 5.75 Å². The van der Waals surface area contributed by atoms with Crippen LogP contribution in [0.5, 0.6) is 0 Å². The monoisotopic (exact) mass is 397 g/mol. The standard InChI is InChI=1S/C16H17NO4S.C2H3ClO/c18-16(19)15(11-13-7-3-1-4-8-13)17-22(20,21)12-14-9-5-2-6-10-14;1-2(3)4/h1-10,15,17H,11-12H2,(H,18,19);1H3. The van der Waals surface area contributed by atoms with Crippen LogP contribution in [-0.4, -0.2) is 30.8 Å². The van der Waals surface area contributed by atoms with Crippen LogP contribution in [0.2, 0.25) is 0 Å². The third-order valence-electron chi connectivity index (χ3n) is 3.10. The van der Waals surface area contributed by atoms with Crippen molar-refractivity contribution >= 4 is 32.8 Å². The maximum atomic E-state index is 12.1. The van der Waals surface area contributed by atoms with E-state index in [0.29, 0.717) is 5.56 Å². The normalized spacial score (nSPS) is 11.8. The maximum Gasteiger partial charge on any atom is 0.322 e. The SMILES string of the molecule is CC(=O)Cl.O=C(O)C(Cc1ccccc1)NS(=O)(=O)Cc1ccccc1. The zero-order chi connectivity index (χ0) is 19.6. The highest BCUT2D eigenvalue weighted by Gasteiger charge is 2.24. The summed E-state index contributed by atoms with van der Waals surface area (Å²) in [7, 11) is -3.73. The summed E-state index contributed by atoms with van der Waals surface area (Å²) in [5.41, 5.74) is 1.37. The highest BCUT2D eigenvalue weighted by Crippen LogP contribution is 2.08. The van der Waals surface area contributed by atoms with Crippen LogP contribution in [0, 0.1) is 0 Å². The molecule has 0 fully saturated rings. The quantitative estimate of drug-likeness (QED) is 0.699. The highest BCUT2D eigenvalue weighted by molar-refractivity contribution is 7.88. The van der Waals surface area contributed by atoms with Crippen LogP contribution in [0.3, 0.4) is 0 Å². The second-order valence-electron chi connectivity index (χ2n) is 5.41. The molecule has 1 atom stereocenters. The third kappa shape index (κ3) is 9.31. The summed E-state index contributed by atoms with van der Waals surface area (Å²) < 4.78 is 26.5. The minimum Gasteiger partial charge on any atom is -0.480 e. The van der Waals surface area contributed by atoms with E-state index in [-0.39, 0.29) is 17.4 Å². The topological polar surface area (TPSA) is 101 Å². The van der Waals surface area contributed by atoms with Crippen molar-refractivity contribution in [2.24, 2.45) is 0 Å². The molecule has 0 radical (unpaired) electrons. The molecule has 0 aliphatic heterocycles. The lowest BCUT2D eigenvalue weighted by molar-refractivity contribution is -0.138. The maximum absolute atomic E-state index is 12.1. The number of carbonyl (C=O) groups excluding carboxylic acids is 1. The first-order chi connectivity index (χ1) is 12.2. The molecular weight excluding hydrogens is 378 g/mol. The molecule has 2 rings (SSSR count).